The average molecular weight is 279 g/mol. The summed E-state index contributed by atoms with van der Waals surface area (Å²) in [7, 11) is 6.04. The first-order valence-electron chi connectivity index (χ1n) is 7.20. The molecule has 1 amide bonds. The third kappa shape index (κ3) is 4.05. The number of piperidine rings is 1. The van der Waals surface area contributed by atoms with Crippen molar-refractivity contribution in [3.63, 3.8) is 0 Å². The van der Waals surface area contributed by atoms with Gasteiger partial charge in [-0.15, -0.1) is 0 Å². The number of aromatic nitrogens is 2. The summed E-state index contributed by atoms with van der Waals surface area (Å²) in [5.41, 5.74) is 0.625. The van der Waals surface area contributed by atoms with Gasteiger partial charge < -0.3 is 19.7 Å². The van der Waals surface area contributed by atoms with Crippen molar-refractivity contribution in [2.45, 2.75) is 18.9 Å². The maximum Gasteiger partial charge on any atom is 0.269 e. The molecule has 1 fully saturated rings. The number of hydrogen-bond donors (Lipinski definition) is 1. The van der Waals surface area contributed by atoms with Crippen LogP contribution in [0, 0.1) is 0 Å². The number of nitrogens with one attached hydrogen (secondary N) is 1. The highest BCUT2D eigenvalue weighted by molar-refractivity contribution is 5.92. The van der Waals surface area contributed by atoms with E-state index in [-0.39, 0.29) is 11.9 Å². The molecule has 20 heavy (non-hydrogen) atoms. The van der Waals surface area contributed by atoms with Crippen molar-refractivity contribution in [2.24, 2.45) is 7.05 Å². The smallest absolute Gasteiger partial charge is 0.269 e. The van der Waals surface area contributed by atoms with Gasteiger partial charge in [0.1, 0.15) is 5.69 Å². The van der Waals surface area contributed by atoms with Gasteiger partial charge in [-0.05, 0) is 26.9 Å². The first-order chi connectivity index (χ1) is 9.56. The monoisotopic (exact) mass is 279 g/mol. The second-order valence-corrected chi connectivity index (χ2v) is 5.78. The van der Waals surface area contributed by atoms with Gasteiger partial charge in [0, 0.05) is 39.3 Å². The molecule has 6 nitrogen and oxygen atoms in total. The van der Waals surface area contributed by atoms with Crippen LogP contribution < -0.4 is 5.32 Å². The number of imidazole rings is 1. The number of likely N-dealkylation sites (N-methyl/N-ethyl adjacent to an activating group) is 1. The molecule has 0 unspecified atom stereocenters. The van der Waals surface area contributed by atoms with Crippen LogP contribution in [-0.2, 0) is 7.05 Å². The van der Waals surface area contributed by atoms with Crippen molar-refractivity contribution >= 4 is 5.91 Å². The third-order valence-electron chi connectivity index (χ3n) is 3.84. The largest absolute Gasteiger partial charge is 0.348 e. The van der Waals surface area contributed by atoms with Gasteiger partial charge >= 0.3 is 0 Å². The first kappa shape index (κ1) is 15.0. The molecule has 1 aromatic heterocycles. The van der Waals surface area contributed by atoms with Crippen LogP contribution >= 0.6 is 0 Å². The Kier molecular flexibility index (Phi) is 5.14. The van der Waals surface area contributed by atoms with Crippen molar-refractivity contribution in [1.82, 2.24) is 24.7 Å². The Morgan fingerprint density at radius 1 is 1.45 bits per heavy atom. The Morgan fingerprint density at radius 3 is 2.70 bits per heavy atom. The van der Waals surface area contributed by atoms with Gasteiger partial charge in [0.05, 0.1) is 12.5 Å². The molecule has 0 aliphatic carbocycles. The summed E-state index contributed by atoms with van der Waals surface area (Å²) >= 11 is 0. The lowest BCUT2D eigenvalue weighted by Gasteiger charge is -2.32. The first-order valence-corrected chi connectivity index (χ1v) is 7.20. The summed E-state index contributed by atoms with van der Waals surface area (Å²) < 4.78 is 1.75. The summed E-state index contributed by atoms with van der Waals surface area (Å²) in [6, 6.07) is 0.285. The van der Waals surface area contributed by atoms with E-state index in [4.69, 9.17) is 0 Å². The predicted octanol–water partition coefficient (Wildman–Crippen LogP) is 0.176. The molecule has 2 rings (SSSR count). The van der Waals surface area contributed by atoms with Crippen molar-refractivity contribution in [2.75, 3.05) is 40.3 Å². The normalized spacial score (nSPS) is 17.6. The van der Waals surface area contributed by atoms with E-state index in [2.05, 4.69) is 34.2 Å². The second kappa shape index (κ2) is 6.85. The Labute approximate surface area is 120 Å². The molecular weight excluding hydrogens is 254 g/mol. The highest BCUT2D eigenvalue weighted by Gasteiger charge is 2.21. The molecule has 0 saturated carbocycles. The number of nitrogens with zero attached hydrogens (tertiary/aromatic N) is 4. The van der Waals surface area contributed by atoms with Crippen LogP contribution in [0.25, 0.3) is 0 Å². The standard InChI is InChI=1S/C14H25N5O/c1-17(2)8-9-19-6-4-12(5-7-19)16-14(20)13-10-15-11-18(13)3/h10-12H,4-9H2,1-3H3,(H,16,20). The lowest BCUT2D eigenvalue weighted by molar-refractivity contribution is 0.0901. The van der Waals surface area contributed by atoms with Crippen LogP contribution in [0.2, 0.25) is 0 Å². The fraction of sp³-hybridized carbons (Fsp3) is 0.714. The molecule has 2 heterocycles. The molecule has 1 N–H and O–H groups in total. The number of hydrogen-bond acceptors (Lipinski definition) is 4. The lowest BCUT2D eigenvalue weighted by Crippen LogP contribution is -2.46. The van der Waals surface area contributed by atoms with E-state index in [0.717, 1.165) is 39.0 Å². The molecule has 1 saturated heterocycles. The molecule has 0 atom stereocenters. The maximum absolute atomic E-state index is 12.1. The Bertz CT molecular complexity index is 435. The van der Waals surface area contributed by atoms with Gasteiger partial charge in [-0.2, -0.15) is 0 Å². The number of aryl methyl sites for hydroxylation is 1. The zero-order chi connectivity index (χ0) is 14.5. The van der Waals surface area contributed by atoms with Crippen LogP contribution in [0.4, 0.5) is 0 Å². The van der Waals surface area contributed by atoms with Crippen molar-refractivity contribution in [1.29, 1.82) is 0 Å². The van der Waals surface area contributed by atoms with Gasteiger partial charge in [-0.25, -0.2) is 4.98 Å². The summed E-state index contributed by atoms with van der Waals surface area (Å²) in [6.45, 7) is 4.32. The average Bonchev–Trinajstić information content (AvgIpc) is 2.84. The van der Waals surface area contributed by atoms with Crippen LogP contribution in [0.3, 0.4) is 0 Å². The Hall–Kier alpha value is -1.40. The van der Waals surface area contributed by atoms with Crippen molar-refractivity contribution in [3.05, 3.63) is 18.2 Å². The minimum absolute atomic E-state index is 0.0169. The van der Waals surface area contributed by atoms with E-state index in [1.807, 2.05) is 7.05 Å². The van der Waals surface area contributed by atoms with Crippen LogP contribution in [0.5, 0.6) is 0 Å². The molecule has 1 aliphatic rings. The van der Waals surface area contributed by atoms with E-state index in [9.17, 15) is 4.79 Å². The number of carbonyl (C=O) groups excluding carboxylic acids is 1. The SMILES string of the molecule is CN(C)CCN1CCC(NC(=O)c2cncn2C)CC1. The van der Waals surface area contributed by atoms with Gasteiger partial charge in [0.25, 0.3) is 5.91 Å². The third-order valence-corrected chi connectivity index (χ3v) is 3.84. The molecule has 112 valence electrons. The van der Waals surface area contributed by atoms with E-state index >= 15 is 0 Å². The van der Waals surface area contributed by atoms with Crippen molar-refractivity contribution in [3.8, 4) is 0 Å². The fourth-order valence-electron chi connectivity index (χ4n) is 2.48. The van der Waals surface area contributed by atoms with E-state index in [1.54, 1.807) is 17.1 Å². The minimum atomic E-state index is -0.0169. The highest BCUT2D eigenvalue weighted by Crippen LogP contribution is 2.11. The molecule has 0 spiro atoms. The number of carbonyl (C=O) groups is 1. The molecule has 0 bridgehead atoms. The Morgan fingerprint density at radius 2 is 2.15 bits per heavy atom. The molecule has 6 heteroatoms. The van der Waals surface area contributed by atoms with Crippen molar-refractivity contribution < 1.29 is 4.79 Å². The van der Waals surface area contributed by atoms with Crippen LogP contribution in [0.1, 0.15) is 23.3 Å². The molecular formula is C14H25N5O. The summed E-state index contributed by atoms with van der Waals surface area (Å²) in [4.78, 5) is 20.7. The Balaban J connectivity index is 1.74. The topological polar surface area (TPSA) is 53.4 Å². The van der Waals surface area contributed by atoms with Gasteiger partial charge in [-0.3, -0.25) is 4.79 Å². The predicted molar refractivity (Wildman–Crippen MR) is 78.7 cm³/mol. The molecule has 1 aliphatic heterocycles. The summed E-state index contributed by atoms with van der Waals surface area (Å²) in [5, 5.41) is 3.11. The summed E-state index contributed by atoms with van der Waals surface area (Å²) in [5.74, 6) is -0.0169. The van der Waals surface area contributed by atoms with Gasteiger partial charge in [0.15, 0.2) is 0 Å². The number of amides is 1. The van der Waals surface area contributed by atoms with Crippen LogP contribution in [-0.4, -0.2) is 71.6 Å². The molecule has 1 aromatic rings. The zero-order valence-corrected chi connectivity index (χ0v) is 12.7. The lowest BCUT2D eigenvalue weighted by atomic mass is 10.0. The van der Waals surface area contributed by atoms with Gasteiger partial charge in [-0.1, -0.05) is 0 Å². The van der Waals surface area contributed by atoms with Gasteiger partial charge in [0.2, 0.25) is 0 Å². The minimum Gasteiger partial charge on any atom is -0.348 e. The maximum atomic E-state index is 12.1. The van der Waals surface area contributed by atoms with E-state index in [0.29, 0.717) is 5.69 Å². The fourth-order valence-corrected chi connectivity index (χ4v) is 2.48. The molecule has 0 radical (unpaired) electrons. The number of likely N-dealkylation sites (tertiary alicyclic amines) is 1. The summed E-state index contributed by atoms with van der Waals surface area (Å²) in [6.07, 6.45) is 5.31. The highest BCUT2D eigenvalue weighted by atomic mass is 16.2. The molecule has 0 aromatic carbocycles. The van der Waals surface area contributed by atoms with Crippen LogP contribution in [0.15, 0.2) is 12.5 Å². The zero-order valence-electron chi connectivity index (χ0n) is 12.7. The van der Waals surface area contributed by atoms with E-state index < -0.39 is 0 Å². The van der Waals surface area contributed by atoms with E-state index in [1.165, 1.54) is 0 Å². The number of rotatable bonds is 5. The quantitative estimate of drug-likeness (QED) is 0.835. The second-order valence-electron chi connectivity index (χ2n) is 5.78.